The number of benzene rings is 1. The van der Waals surface area contributed by atoms with Crippen molar-refractivity contribution in [1.29, 1.82) is 0 Å². The highest BCUT2D eigenvalue weighted by molar-refractivity contribution is 7.88. The molecule has 2 heterocycles. The molecule has 1 aromatic carbocycles. The van der Waals surface area contributed by atoms with E-state index in [2.05, 4.69) is 14.8 Å². The molecule has 2 aromatic heterocycles. The van der Waals surface area contributed by atoms with E-state index in [-0.39, 0.29) is 19.0 Å². The number of methoxy groups -OCH3 is 1. The molecule has 0 saturated carbocycles. The lowest BCUT2D eigenvalue weighted by Gasteiger charge is -2.09. The second-order valence-corrected chi connectivity index (χ2v) is 8.61. The zero-order valence-electron chi connectivity index (χ0n) is 17.7. The predicted molar refractivity (Wildman–Crippen MR) is 113 cm³/mol. The van der Waals surface area contributed by atoms with Gasteiger partial charge in [0.1, 0.15) is 12.4 Å². The van der Waals surface area contributed by atoms with Gasteiger partial charge >= 0.3 is 6.18 Å². The molecule has 0 bridgehead atoms. The normalized spacial score (nSPS) is 11.9. The summed E-state index contributed by atoms with van der Waals surface area (Å²) in [6, 6.07) is 11.3. The maximum atomic E-state index is 12.6. The first-order chi connectivity index (χ1) is 15.5. The van der Waals surface area contributed by atoms with Crippen LogP contribution in [0.2, 0.25) is 0 Å². The summed E-state index contributed by atoms with van der Waals surface area (Å²) < 4.78 is 78.9. The van der Waals surface area contributed by atoms with Crippen LogP contribution in [-0.2, 0) is 10.0 Å². The molecular formula is C20H21F3N4O5S. The quantitative estimate of drug-likeness (QED) is 0.440. The lowest BCUT2D eigenvalue weighted by molar-refractivity contribution is -0.154. The van der Waals surface area contributed by atoms with Gasteiger partial charge in [-0.2, -0.15) is 13.2 Å². The first-order valence-corrected chi connectivity index (χ1v) is 11.4. The molecular weight excluding hydrogens is 465 g/mol. The van der Waals surface area contributed by atoms with Gasteiger partial charge in [-0.1, -0.05) is 0 Å². The largest absolute Gasteiger partial charge is 0.492 e. The Morgan fingerprint density at radius 1 is 1.06 bits per heavy atom. The van der Waals surface area contributed by atoms with Crippen LogP contribution in [0, 0.1) is 0 Å². The van der Waals surface area contributed by atoms with Crippen molar-refractivity contribution in [2.45, 2.75) is 6.18 Å². The Bertz CT molecular complexity index is 1160. The third-order valence-corrected chi connectivity index (χ3v) is 4.86. The molecule has 0 atom stereocenters. The van der Waals surface area contributed by atoms with Crippen molar-refractivity contribution in [3.63, 3.8) is 0 Å². The molecule has 0 radical (unpaired) electrons. The van der Waals surface area contributed by atoms with Crippen LogP contribution in [0.15, 0.2) is 48.7 Å². The number of alkyl halides is 3. The first kappa shape index (κ1) is 24.3. The van der Waals surface area contributed by atoms with Gasteiger partial charge in [0.15, 0.2) is 6.61 Å². The molecule has 0 aliphatic rings. The van der Waals surface area contributed by atoms with Gasteiger partial charge in [0.05, 0.1) is 30.9 Å². The van der Waals surface area contributed by atoms with E-state index in [0.29, 0.717) is 28.6 Å². The number of ether oxygens (including phenoxy) is 3. The molecule has 1 N–H and O–H groups in total. The zero-order chi connectivity index (χ0) is 24.1. The number of sulfonamides is 1. The molecule has 0 amide bonds. The van der Waals surface area contributed by atoms with Gasteiger partial charge < -0.3 is 14.2 Å². The lowest BCUT2D eigenvalue weighted by atomic mass is 10.1. The molecule has 0 unspecified atom stereocenters. The third kappa shape index (κ3) is 7.36. The molecule has 3 rings (SSSR count). The van der Waals surface area contributed by atoms with E-state index in [9.17, 15) is 21.6 Å². The number of hydrogen-bond donors (Lipinski definition) is 1. The summed E-state index contributed by atoms with van der Waals surface area (Å²) in [4.78, 5) is 4.10. The molecule has 0 spiro atoms. The number of aromatic nitrogens is 3. The molecule has 178 valence electrons. The Morgan fingerprint density at radius 3 is 2.36 bits per heavy atom. The van der Waals surface area contributed by atoms with Gasteiger partial charge in [0.25, 0.3) is 0 Å². The topological polar surface area (TPSA) is 105 Å². The Labute approximate surface area is 188 Å². The molecule has 0 fully saturated rings. The van der Waals surface area contributed by atoms with Crippen LogP contribution in [0.4, 0.5) is 13.2 Å². The van der Waals surface area contributed by atoms with Gasteiger partial charge in [0, 0.05) is 24.2 Å². The van der Waals surface area contributed by atoms with E-state index >= 15 is 0 Å². The van der Waals surface area contributed by atoms with Crippen LogP contribution >= 0.6 is 0 Å². The summed E-state index contributed by atoms with van der Waals surface area (Å²) in [6.45, 7) is -1.24. The van der Waals surface area contributed by atoms with Crippen molar-refractivity contribution in [3.8, 4) is 34.5 Å². The fourth-order valence-corrected chi connectivity index (χ4v) is 3.18. The molecule has 0 aliphatic carbocycles. The van der Waals surface area contributed by atoms with Crippen LogP contribution < -0.4 is 18.9 Å². The number of nitrogens with one attached hydrogen (secondary N) is 1. The van der Waals surface area contributed by atoms with Gasteiger partial charge in [-0.3, -0.25) is 0 Å². The number of pyridine rings is 1. The summed E-state index contributed by atoms with van der Waals surface area (Å²) in [6.07, 6.45) is -1.98. The second-order valence-electron chi connectivity index (χ2n) is 6.78. The summed E-state index contributed by atoms with van der Waals surface area (Å²) in [7, 11) is -1.84. The van der Waals surface area contributed by atoms with E-state index in [1.54, 1.807) is 36.4 Å². The van der Waals surface area contributed by atoms with Crippen LogP contribution in [0.25, 0.3) is 16.9 Å². The molecule has 33 heavy (non-hydrogen) atoms. The fourth-order valence-electron chi connectivity index (χ4n) is 2.72. The highest BCUT2D eigenvalue weighted by Crippen LogP contribution is 2.29. The minimum Gasteiger partial charge on any atom is -0.492 e. The Kier molecular flexibility index (Phi) is 7.43. The van der Waals surface area contributed by atoms with Gasteiger partial charge in [-0.05, 0) is 30.3 Å². The standard InChI is InChI=1S/C20H21F3N4O5S/c1-30-18-8-5-15(12-24-18)27-17(11-19(26-27)32-13-20(21,22)23)14-3-6-16(7-4-14)31-10-9-25-33(2,28)29/h3-8,11-12,25H,9-10,13H2,1-2H3. The number of rotatable bonds is 10. The summed E-state index contributed by atoms with van der Waals surface area (Å²) in [5, 5.41) is 4.14. The summed E-state index contributed by atoms with van der Waals surface area (Å²) in [5.41, 5.74) is 1.58. The SMILES string of the molecule is COc1ccc(-n2nc(OCC(F)(F)F)cc2-c2ccc(OCCNS(C)(=O)=O)cc2)cn1. The average molecular weight is 486 g/mol. The Balaban J connectivity index is 1.82. The van der Waals surface area contributed by atoms with Crippen LogP contribution in [0.3, 0.4) is 0 Å². The first-order valence-electron chi connectivity index (χ1n) is 9.52. The van der Waals surface area contributed by atoms with Crippen LogP contribution in [0.1, 0.15) is 0 Å². The molecule has 3 aromatic rings. The lowest BCUT2D eigenvalue weighted by Crippen LogP contribution is -2.26. The van der Waals surface area contributed by atoms with E-state index in [4.69, 9.17) is 14.2 Å². The second kappa shape index (κ2) is 10.1. The maximum absolute atomic E-state index is 12.6. The van der Waals surface area contributed by atoms with Crippen molar-refractivity contribution >= 4 is 10.0 Å². The molecule has 9 nitrogen and oxygen atoms in total. The van der Waals surface area contributed by atoms with Crippen molar-refractivity contribution in [3.05, 3.63) is 48.7 Å². The van der Waals surface area contributed by atoms with E-state index in [1.807, 2.05) is 0 Å². The highest BCUT2D eigenvalue weighted by atomic mass is 32.2. The van der Waals surface area contributed by atoms with Gasteiger partial charge in [-0.25, -0.2) is 22.8 Å². The van der Waals surface area contributed by atoms with E-state index < -0.39 is 22.8 Å². The molecule has 0 aliphatic heterocycles. The average Bonchev–Trinajstić information content (AvgIpc) is 3.19. The number of hydrogen-bond acceptors (Lipinski definition) is 7. The number of halogens is 3. The summed E-state index contributed by atoms with van der Waals surface area (Å²) in [5.74, 6) is 0.651. The van der Waals surface area contributed by atoms with Crippen LogP contribution in [-0.4, -0.2) is 62.5 Å². The van der Waals surface area contributed by atoms with Crippen LogP contribution in [0.5, 0.6) is 17.5 Å². The van der Waals surface area contributed by atoms with Crippen molar-refractivity contribution < 1.29 is 35.8 Å². The van der Waals surface area contributed by atoms with Crippen molar-refractivity contribution in [2.24, 2.45) is 0 Å². The number of nitrogens with zero attached hydrogens (tertiary/aromatic N) is 3. The van der Waals surface area contributed by atoms with Crippen molar-refractivity contribution in [2.75, 3.05) is 33.1 Å². The molecule has 13 heteroatoms. The predicted octanol–water partition coefficient (Wildman–Crippen LogP) is 2.81. The summed E-state index contributed by atoms with van der Waals surface area (Å²) >= 11 is 0. The van der Waals surface area contributed by atoms with E-state index in [0.717, 1.165) is 6.26 Å². The van der Waals surface area contributed by atoms with Gasteiger partial charge in [0.2, 0.25) is 21.8 Å². The Morgan fingerprint density at radius 2 is 1.79 bits per heavy atom. The highest BCUT2D eigenvalue weighted by Gasteiger charge is 2.29. The monoisotopic (exact) mass is 486 g/mol. The van der Waals surface area contributed by atoms with Crippen molar-refractivity contribution in [1.82, 2.24) is 19.5 Å². The van der Waals surface area contributed by atoms with E-state index in [1.165, 1.54) is 24.1 Å². The Hall–Kier alpha value is -3.32. The minimum atomic E-state index is -4.50. The zero-order valence-corrected chi connectivity index (χ0v) is 18.5. The minimum absolute atomic E-state index is 0.109. The fraction of sp³-hybridized carbons (Fsp3) is 0.300. The third-order valence-electron chi connectivity index (χ3n) is 4.13. The smallest absolute Gasteiger partial charge is 0.422 e. The maximum Gasteiger partial charge on any atom is 0.422 e. The molecule has 0 saturated heterocycles. The van der Waals surface area contributed by atoms with Gasteiger partial charge in [-0.15, -0.1) is 5.10 Å².